The van der Waals surface area contributed by atoms with Crippen LogP contribution in [0.2, 0.25) is 10.0 Å². The maximum Gasteiger partial charge on any atom is 0.0883 e. The van der Waals surface area contributed by atoms with E-state index in [1.807, 2.05) is 53.3 Å². The molecule has 0 bridgehead atoms. The van der Waals surface area contributed by atoms with Gasteiger partial charge in [0.2, 0.25) is 0 Å². The number of benzene rings is 2. The second kappa shape index (κ2) is 9.89. The molecule has 0 aliphatic rings. The maximum atomic E-state index is 8.85. The molecule has 2 heterocycles. The van der Waals surface area contributed by atoms with E-state index < -0.39 is 0 Å². The fraction of sp³-hybridized carbons (Fsp3) is 0.100. The predicted octanol–water partition coefficient (Wildman–Crippen LogP) is 5.44. The van der Waals surface area contributed by atoms with Crippen molar-refractivity contribution in [3.63, 3.8) is 0 Å². The minimum Gasteiger partial charge on any atom is -0.390 e. The number of aromatic nitrogens is 4. The molecule has 28 heavy (non-hydrogen) atoms. The number of rotatable bonds is 4. The van der Waals surface area contributed by atoms with Crippen LogP contribution in [0.1, 0.15) is 11.4 Å². The van der Waals surface area contributed by atoms with E-state index in [0.29, 0.717) is 10.7 Å². The van der Waals surface area contributed by atoms with Crippen LogP contribution < -0.4 is 0 Å². The van der Waals surface area contributed by atoms with Crippen molar-refractivity contribution in [2.24, 2.45) is 0 Å². The highest BCUT2D eigenvalue weighted by Gasteiger charge is 2.00. The summed E-state index contributed by atoms with van der Waals surface area (Å²) in [7, 11) is 0. The number of hydrogen-bond donors (Lipinski definition) is 1. The molecule has 144 valence electrons. The van der Waals surface area contributed by atoms with Gasteiger partial charge >= 0.3 is 0 Å². The van der Waals surface area contributed by atoms with Gasteiger partial charge in [-0.2, -0.15) is 10.2 Å². The fourth-order valence-corrected chi connectivity index (χ4v) is 2.91. The van der Waals surface area contributed by atoms with Crippen LogP contribution >= 0.6 is 39.1 Å². The number of aliphatic hydroxyl groups excluding tert-OH is 1. The largest absolute Gasteiger partial charge is 0.390 e. The van der Waals surface area contributed by atoms with Crippen molar-refractivity contribution >= 4 is 39.1 Å². The van der Waals surface area contributed by atoms with Crippen LogP contribution in [0.3, 0.4) is 0 Å². The Morgan fingerprint density at radius 2 is 1.14 bits per heavy atom. The molecule has 2 aromatic heterocycles. The summed E-state index contributed by atoms with van der Waals surface area (Å²) in [5, 5.41) is 19.6. The van der Waals surface area contributed by atoms with Crippen LogP contribution in [0.4, 0.5) is 0 Å². The molecule has 0 spiro atoms. The average molecular weight is 480 g/mol. The molecule has 2 aromatic carbocycles. The molecule has 4 aromatic rings. The van der Waals surface area contributed by atoms with E-state index >= 15 is 0 Å². The molecule has 1 N–H and O–H groups in total. The molecule has 0 fully saturated rings. The summed E-state index contributed by atoms with van der Waals surface area (Å²) in [5.41, 5.74) is 3.61. The van der Waals surface area contributed by atoms with E-state index in [4.69, 9.17) is 28.3 Å². The van der Waals surface area contributed by atoms with Crippen LogP contribution in [0.5, 0.6) is 0 Å². The molecular weight excluding hydrogens is 463 g/mol. The highest BCUT2D eigenvalue weighted by molar-refractivity contribution is 9.08. The molecule has 0 aliphatic heterocycles. The summed E-state index contributed by atoms with van der Waals surface area (Å²) in [4.78, 5) is 0. The Hall–Kier alpha value is -2.12. The van der Waals surface area contributed by atoms with E-state index in [-0.39, 0.29) is 6.61 Å². The molecule has 0 saturated carbocycles. The third kappa shape index (κ3) is 5.45. The molecule has 5 nitrogen and oxygen atoms in total. The molecule has 0 unspecified atom stereocenters. The molecule has 0 aliphatic carbocycles. The second-order valence-corrected chi connectivity index (χ2v) is 7.18. The van der Waals surface area contributed by atoms with Crippen molar-refractivity contribution in [1.29, 1.82) is 0 Å². The summed E-state index contributed by atoms with van der Waals surface area (Å²) in [6, 6.07) is 18.7. The van der Waals surface area contributed by atoms with Crippen molar-refractivity contribution in [2.45, 2.75) is 11.9 Å². The lowest BCUT2D eigenvalue weighted by Crippen LogP contribution is -1.95. The molecular formula is C20H17BrCl2N4O. The molecule has 8 heteroatoms. The zero-order chi connectivity index (χ0) is 19.9. The molecule has 0 amide bonds. The van der Waals surface area contributed by atoms with Crippen molar-refractivity contribution in [3.8, 4) is 11.4 Å². The Morgan fingerprint density at radius 1 is 0.714 bits per heavy atom. The lowest BCUT2D eigenvalue weighted by molar-refractivity contribution is 0.276. The topological polar surface area (TPSA) is 55.9 Å². The van der Waals surface area contributed by atoms with Crippen LogP contribution in [0.25, 0.3) is 11.4 Å². The first-order valence-electron chi connectivity index (χ1n) is 8.37. The third-order valence-electron chi connectivity index (χ3n) is 3.77. The zero-order valence-corrected chi connectivity index (χ0v) is 17.8. The minimum absolute atomic E-state index is 0.0411. The van der Waals surface area contributed by atoms with E-state index in [1.165, 1.54) is 0 Å². The van der Waals surface area contributed by atoms with E-state index in [2.05, 4.69) is 26.1 Å². The van der Waals surface area contributed by atoms with E-state index in [0.717, 1.165) is 27.4 Å². The maximum absolute atomic E-state index is 8.85. The number of hydrogen-bond acceptors (Lipinski definition) is 3. The Labute approximate surface area is 181 Å². The first kappa shape index (κ1) is 20.6. The monoisotopic (exact) mass is 478 g/mol. The van der Waals surface area contributed by atoms with Gasteiger partial charge < -0.3 is 5.11 Å². The van der Waals surface area contributed by atoms with Crippen LogP contribution in [0.15, 0.2) is 73.1 Å². The van der Waals surface area contributed by atoms with Gasteiger partial charge in [-0.05, 0) is 60.7 Å². The van der Waals surface area contributed by atoms with Gasteiger partial charge in [0.25, 0.3) is 0 Å². The van der Waals surface area contributed by atoms with Crippen LogP contribution in [0, 0.1) is 0 Å². The summed E-state index contributed by atoms with van der Waals surface area (Å²) in [6.07, 6.45) is 3.73. The van der Waals surface area contributed by atoms with Crippen LogP contribution in [-0.4, -0.2) is 24.7 Å². The zero-order valence-electron chi connectivity index (χ0n) is 14.7. The molecule has 4 rings (SSSR count). The number of alkyl halides is 1. The fourth-order valence-electron chi connectivity index (χ4n) is 2.35. The first-order valence-corrected chi connectivity index (χ1v) is 10.2. The van der Waals surface area contributed by atoms with Gasteiger partial charge in [0, 0.05) is 27.8 Å². The number of aliphatic hydroxyl groups is 1. The molecule has 0 radical (unpaired) electrons. The Balaban J connectivity index is 0.000000161. The van der Waals surface area contributed by atoms with Gasteiger partial charge in [-0.25, -0.2) is 9.36 Å². The standard InChI is InChI=1S/C10H8BrClN2.C10H9ClN2O/c11-7-9-5-6-14(13-9)10-3-1-8(12)2-4-10;11-8-1-3-10(4-2-8)13-6-5-9(7-14)12-13/h1-6H,7H2;1-6,14H,7H2. The van der Waals surface area contributed by atoms with Gasteiger partial charge in [-0.15, -0.1) is 0 Å². The van der Waals surface area contributed by atoms with Crippen molar-refractivity contribution in [3.05, 3.63) is 94.5 Å². The Bertz CT molecular complexity index is 930. The summed E-state index contributed by atoms with van der Waals surface area (Å²) in [5.74, 6) is 0. The lowest BCUT2D eigenvalue weighted by Gasteiger charge is -2.00. The number of halogens is 3. The molecule has 0 atom stereocenters. The van der Waals surface area contributed by atoms with Crippen molar-refractivity contribution < 1.29 is 5.11 Å². The Kier molecular flexibility index (Phi) is 7.28. The highest BCUT2D eigenvalue weighted by Crippen LogP contribution is 2.14. The smallest absolute Gasteiger partial charge is 0.0883 e. The minimum atomic E-state index is -0.0411. The highest BCUT2D eigenvalue weighted by atomic mass is 79.9. The number of nitrogens with zero attached hydrogens (tertiary/aromatic N) is 4. The van der Waals surface area contributed by atoms with Gasteiger partial charge in [0.15, 0.2) is 0 Å². The first-order chi connectivity index (χ1) is 13.6. The van der Waals surface area contributed by atoms with Crippen LogP contribution in [-0.2, 0) is 11.9 Å². The quantitative estimate of drug-likeness (QED) is 0.396. The van der Waals surface area contributed by atoms with Crippen molar-refractivity contribution in [1.82, 2.24) is 19.6 Å². The average Bonchev–Trinajstić information content (AvgIpc) is 3.39. The second-order valence-electron chi connectivity index (χ2n) is 5.75. The van der Waals surface area contributed by atoms with Gasteiger partial charge in [0.1, 0.15) is 0 Å². The normalized spacial score (nSPS) is 10.4. The van der Waals surface area contributed by atoms with Gasteiger partial charge in [-0.3, -0.25) is 0 Å². The lowest BCUT2D eigenvalue weighted by atomic mass is 10.3. The van der Waals surface area contributed by atoms with Gasteiger partial charge in [0.05, 0.1) is 29.4 Å². The SMILES string of the molecule is Clc1ccc(-n2ccc(CBr)n2)cc1.OCc1ccn(-c2ccc(Cl)cc2)n1. The molecule has 0 saturated heterocycles. The van der Waals surface area contributed by atoms with E-state index in [1.54, 1.807) is 29.1 Å². The van der Waals surface area contributed by atoms with Crippen molar-refractivity contribution in [2.75, 3.05) is 0 Å². The summed E-state index contributed by atoms with van der Waals surface area (Å²) in [6.45, 7) is -0.0411. The summed E-state index contributed by atoms with van der Waals surface area (Å²) < 4.78 is 3.52. The van der Waals surface area contributed by atoms with Gasteiger partial charge in [-0.1, -0.05) is 39.1 Å². The Morgan fingerprint density at radius 3 is 1.50 bits per heavy atom. The summed E-state index contributed by atoms with van der Waals surface area (Å²) >= 11 is 14.9. The third-order valence-corrected chi connectivity index (χ3v) is 4.85. The van der Waals surface area contributed by atoms with E-state index in [9.17, 15) is 0 Å². The predicted molar refractivity (Wildman–Crippen MR) is 116 cm³/mol.